The predicted octanol–water partition coefficient (Wildman–Crippen LogP) is 3.24. The van der Waals surface area contributed by atoms with Gasteiger partial charge < -0.3 is 29.2 Å². The van der Waals surface area contributed by atoms with Gasteiger partial charge in [0.05, 0.1) is 13.2 Å². The van der Waals surface area contributed by atoms with E-state index >= 15 is 0 Å². The van der Waals surface area contributed by atoms with Crippen molar-refractivity contribution in [3.8, 4) is 0 Å². The third-order valence-electron chi connectivity index (χ3n) is 4.79. The zero-order valence-corrected chi connectivity index (χ0v) is 16.3. The molecule has 0 aromatic heterocycles. The van der Waals surface area contributed by atoms with E-state index in [9.17, 15) is 10.2 Å². The average molecular weight is 427 g/mol. The van der Waals surface area contributed by atoms with E-state index in [4.69, 9.17) is 42.1 Å². The maximum Gasteiger partial charge on any atom is 0.184 e. The Balaban J connectivity index is 1.53. The van der Waals surface area contributed by atoms with Crippen LogP contribution in [0.3, 0.4) is 0 Å². The van der Waals surface area contributed by atoms with Gasteiger partial charge >= 0.3 is 0 Å². The van der Waals surface area contributed by atoms with Gasteiger partial charge in [-0.25, -0.2) is 0 Å². The van der Waals surface area contributed by atoms with Crippen LogP contribution in [0.2, 0.25) is 10.0 Å². The molecule has 2 aromatic rings. The Hall–Kier alpha value is -1.22. The van der Waals surface area contributed by atoms with Gasteiger partial charge in [0.25, 0.3) is 0 Å². The van der Waals surface area contributed by atoms with E-state index in [0.717, 1.165) is 11.1 Å². The Morgan fingerprint density at radius 2 is 1.25 bits per heavy atom. The first-order valence-electron chi connectivity index (χ1n) is 8.92. The van der Waals surface area contributed by atoms with E-state index in [1.807, 2.05) is 0 Å². The first-order chi connectivity index (χ1) is 13.5. The third-order valence-corrected chi connectivity index (χ3v) is 5.29. The Kier molecular flexibility index (Phi) is 6.20. The van der Waals surface area contributed by atoms with Gasteiger partial charge in [-0.1, -0.05) is 47.5 Å². The first-order valence-corrected chi connectivity index (χ1v) is 9.68. The number of rotatable bonds is 2. The summed E-state index contributed by atoms with van der Waals surface area (Å²) >= 11 is 11.9. The van der Waals surface area contributed by atoms with Crippen molar-refractivity contribution in [3.63, 3.8) is 0 Å². The second-order valence-electron chi connectivity index (χ2n) is 6.77. The molecular weight excluding hydrogens is 407 g/mol. The Morgan fingerprint density at radius 3 is 1.86 bits per heavy atom. The highest BCUT2D eigenvalue weighted by atomic mass is 35.5. The van der Waals surface area contributed by atoms with E-state index in [-0.39, 0.29) is 13.2 Å². The number of hydrogen-bond acceptors (Lipinski definition) is 6. The van der Waals surface area contributed by atoms with Crippen LogP contribution in [0.5, 0.6) is 0 Å². The van der Waals surface area contributed by atoms with Crippen LogP contribution in [0.15, 0.2) is 48.5 Å². The fraction of sp³-hybridized carbons (Fsp3) is 0.400. The number of ether oxygens (including phenoxy) is 4. The van der Waals surface area contributed by atoms with Crippen LogP contribution in [0, 0.1) is 0 Å². The Morgan fingerprint density at radius 1 is 0.714 bits per heavy atom. The number of aliphatic hydroxyl groups excluding tert-OH is 2. The summed E-state index contributed by atoms with van der Waals surface area (Å²) in [6.07, 6.45) is -5.10. The smallest absolute Gasteiger partial charge is 0.184 e. The molecule has 0 spiro atoms. The monoisotopic (exact) mass is 426 g/mol. The number of benzene rings is 2. The van der Waals surface area contributed by atoms with Crippen molar-refractivity contribution in [1.29, 1.82) is 0 Å². The molecule has 150 valence electrons. The lowest BCUT2D eigenvalue weighted by Gasteiger charge is -2.23. The van der Waals surface area contributed by atoms with Gasteiger partial charge in [-0.05, 0) is 24.3 Å². The lowest BCUT2D eigenvalue weighted by Crippen LogP contribution is -2.45. The van der Waals surface area contributed by atoms with Gasteiger partial charge in [0.2, 0.25) is 0 Å². The zero-order chi connectivity index (χ0) is 19.7. The highest BCUT2D eigenvalue weighted by Crippen LogP contribution is 2.36. The normalized spacial score (nSPS) is 33.6. The fourth-order valence-corrected chi connectivity index (χ4v) is 3.51. The summed E-state index contributed by atoms with van der Waals surface area (Å²) in [6, 6.07) is 14.1. The Bertz CT molecular complexity index is 784. The van der Waals surface area contributed by atoms with Crippen molar-refractivity contribution in [2.24, 2.45) is 0 Å². The van der Waals surface area contributed by atoms with Gasteiger partial charge in [0, 0.05) is 21.2 Å². The standard InChI is InChI=1S/C20H20Cl2O6/c21-13-5-1-11(2-6-13)19-25-9-15(23)17(24)18-16(10-26-19)27-20(28-18)12-3-7-14(22)8-4-12/h1-8,15-20,23-24H,9-10H2/t15-,16+,17-,18-,19?,20?/m0/s1. The maximum absolute atomic E-state index is 10.6. The van der Waals surface area contributed by atoms with E-state index in [2.05, 4.69) is 0 Å². The summed E-state index contributed by atoms with van der Waals surface area (Å²) < 4.78 is 23.4. The molecule has 0 aliphatic carbocycles. The molecule has 2 unspecified atom stereocenters. The van der Waals surface area contributed by atoms with Crippen molar-refractivity contribution in [1.82, 2.24) is 0 Å². The molecule has 2 N–H and O–H groups in total. The van der Waals surface area contributed by atoms with Gasteiger partial charge in [-0.2, -0.15) is 0 Å². The minimum atomic E-state index is -1.19. The van der Waals surface area contributed by atoms with Crippen molar-refractivity contribution in [2.45, 2.75) is 37.0 Å². The SMILES string of the molecule is O[C@@H]1[C@H]2OC(c3ccc(Cl)cc3)O[C@@H]2COC(c2ccc(Cl)cc2)OC[C@@H]1O. The van der Waals surface area contributed by atoms with Gasteiger partial charge in [0.1, 0.15) is 24.4 Å². The first kappa shape index (κ1) is 20.1. The molecular formula is C20H20Cl2O6. The molecule has 2 saturated heterocycles. The predicted molar refractivity (Wildman–Crippen MR) is 102 cm³/mol. The molecule has 4 rings (SSSR count). The molecule has 2 aliphatic heterocycles. The minimum absolute atomic E-state index is 0.117. The lowest BCUT2D eigenvalue weighted by molar-refractivity contribution is -0.182. The van der Waals surface area contributed by atoms with Gasteiger partial charge in [-0.15, -0.1) is 0 Å². The molecule has 0 amide bonds. The number of aliphatic hydroxyl groups is 2. The summed E-state index contributed by atoms with van der Waals surface area (Å²) in [5.41, 5.74) is 1.51. The quantitative estimate of drug-likeness (QED) is 0.767. The van der Waals surface area contributed by atoms with Crippen LogP contribution in [-0.4, -0.2) is 47.8 Å². The van der Waals surface area contributed by atoms with E-state index in [1.54, 1.807) is 48.5 Å². The van der Waals surface area contributed by atoms with Crippen molar-refractivity contribution >= 4 is 23.2 Å². The number of halogens is 2. The second kappa shape index (κ2) is 8.65. The molecule has 2 fully saturated rings. The molecule has 6 nitrogen and oxygen atoms in total. The zero-order valence-electron chi connectivity index (χ0n) is 14.8. The molecule has 2 heterocycles. The molecule has 2 aromatic carbocycles. The molecule has 6 atom stereocenters. The maximum atomic E-state index is 10.6. The van der Waals surface area contributed by atoms with Crippen LogP contribution >= 0.6 is 23.2 Å². The molecule has 2 aliphatic rings. The molecule has 0 radical (unpaired) electrons. The van der Waals surface area contributed by atoms with E-state index in [1.165, 1.54) is 0 Å². The summed E-state index contributed by atoms with van der Waals surface area (Å²) in [5, 5.41) is 22.1. The van der Waals surface area contributed by atoms with Crippen molar-refractivity contribution in [2.75, 3.05) is 13.2 Å². The topological polar surface area (TPSA) is 77.4 Å². The van der Waals surface area contributed by atoms with Gasteiger partial charge in [-0.3, -0.25) is 0 Å². The number of fused-ring (bicyclic) bond motifs is 1. The van der Waals surface area contributed by atoms with Crippen LogP contribution in [-0.2, 0) is 18.9 Å². The van der Waals surface area contributed by atoms with Crippen LogP contribution in [0.4, 0.5) is 0 Å². The van der Waals surface area contributed by atoms with Crippen molar-refractivity contribution in [3.05, 3.63) is 69.7 Å². The van der Waals surface area contributed by atoms with Gasteiger partial charge in [0.15, 0.2) is 12.6 Å². The van der Waals surface area contributed by atoms with Crippen molar-refractivity contribution < 1.29 is 29.2 Å². The van der Waals surface area contributed by atoms with Crippen LogP contribution in [0.1, 0.15) is 23.7 Å². The fourth-order valence-electron chi connectivity index (χ4n) is 3.26. The molecule has 0 bridgehead atoms. The summed E-state index contributed by atoms with van der Waals surface area (Å²) in [7, 11) is 0. The number of hydrogen-bond donors (Lipinski definition) is 2. The second-order valence-corrected chi connectivity index (χ2v) is 7.64. The summed E-state index contributed by atoms with van der Waals surface area (Å²) in [4.78, 5) is 0. The third kappa shape index (κ3) is 4.35. The highest BCUT2D eigenvalue weighted by molar-refractivity contribution is 6.30. The summed E-state index contributed by atoms with van der Waals surface area (Å²) in [6.45, 7) is -0.00151. The average Bonchev–Trinajstić information content (AvgIpc) is 3.13. The highest BCUT2D eigenvalue weighted by Gasteiger charge is 2.45. The van der Waals surface area contributed by atoms with Crippen LogP contribution in [0.25, 0.3) is 0 Å². The van der Waals surface area contributed by atoms with E-state index in [0.29, 0.717) is 10.0 Å². The molecule has 8 heteroatoms. The van der Waals surface area contributed by atoms with Crippen LogP contribution < -0.4 is 0 Å². The Labute approximate surface area is 172 Å². The summed E-state index contributed by atoms with van der Waals surface area (Å²) in [5.74, 6) is 0. The molecule has 28 heavy (non-hydrogen) atoms. The minimum Gasteiger partial charge on any atom is -0.388 e. The largest absolute Gasteiger partial charge is 0.388 e. The lowest BCUT2D eigenvalue weighted by atomic mass is 10.0. The molecule has 0 saturated carbocycles. The van der Waals surface area contributed by atoms with E-state index < -0.39 is 37.0 Å².